The predicted octanol–water partition coefficient (Wildman–Crippen LogP) is 1.65. The number of nitrogens with zero attached hydrogens (tertiary/aromatic N) is 4. The molecular formula is C12H21N5OS. The summed E-state index contributed by atoms with van der Waals surface area (Å²) in [5.41, 5.74) is 0. The second-order valence-corrected chi connectivity index (χ2v) is 6.68. The van der Waals surface area contributed by atoms with Crippen molar-refractivity contribution in [3.63, 3.8) is 0 Å². The lowest BCUT2D eigenvalue weighted by molar-refractivity contribution is -0.120. The molecule has 1 saturated carbocycles. The van der Waals surface area contributed by atoms with E-state index in [1.165, 1.54) is 11.8 Å². The van der Waals surface area contributed by atoms with Gasteiger partial charge in [0.15, 0.2) is 0 Å². The lowest BCUT2D eigenvalue weighted by Gasteiger charge is -2.12. The molecule has 6 nitrogen and oxygen atoms in total. The van der Waals surface area contributed by atoms with E-state index in [9.17, 15) is 4.79 Å². The van der Waals surface area contributed by atoms with Gasteiger partial charge in [0.1, 0.15) is 0 Å². The first kappa shape index (κ1) is 14.3. The van der Waals surface area contributed by atoms with Crippen LogP contribution in [-0.2, 0) is 4.79 Å². The number of thioether (sulfide) groups is 1. The molecule has 106 valence electrons. The van der Waals surface area contributed by atoms with Crippen LogP contribution in [0.4, 0.5) is 0 Å². The zero-order valence-electron chi connectivity index (χ0n) is 11.7. The average Bonchev–Trinajstić information content (AvgIpc) is 3.09. The largest absolute Gasteiger partial charge is 0.355 e. The highest BCUT2D eigenvalue weighted by Crippen LogP contribution is 2.37. The second kappa shape index (κ2) is 6.36. The van der Waals surface area contributed by atoms with Crippen molar-refractivity contribution in [1.82, 2.24) is 25.5 Å². The van der Waals surface area contributed by atoms with E-state index in [0.717, 1.165) is 31.0 Å². The molecule has 0 saturated heterocycles. The molecule has 1 atom stereocenters. The summed E-state index contributed by atoms with van der Waals surface area (Å²) in [6, 6.07) is 0.439. The molecule has 1 aromatic heterocycles. The molecule has 2 rings (SSSR count). The number of carbonyl (C=O) groups is 1. The van der Waals surface area contributed by atoms with Crippen molar-refractivity contribution < 1.29 is 4.79 Å². The number of aromatic nitrogens is 4. The summed E-state index contributed by atoms with van der Waals surface area (Å²) >= 11 is 1.43. The number of nitrogens with one attached hydrogen (secondary N) is 1. The summed E-state index contributed by atoms with van der Waals surface area (Å²) in [6.07, 6.45) is 3.27. The van der Waals surface area contributed by atoms with Crippen LogP contribution in [0.3, 0.4) is 0 Å². The van der Waals surface area contributed by atoms with Gasteiger partial charge in [0, 0.05) is 6.54 Å². The van der Waals surface area contributed by atoms with Gasteiger partial charge in [0.05, 0.1) is 11.3 Å². The van der Waals surface area contributed by atoms with Gasteiger partial charge in [0.25, 0.3) is 0 Å². The summed E-state index contributed by atoms with van der Waals surface area (Å²) in [6.45, 7) is 6.92. The van der Waals surface area contributed by atoms with Gasteiger partial charge in [0.2, 0.25) is 11.1 Å². The Morgan fingerprint density at radius 1 is 1.47 bits per heavy atom. The minimum Gasteiger partial charge on any atom is -0.355 e. The van der Waals surface area contributed by atoms with E-state index in [0.29, 0.717) is 12.0 Å². The first-order valence-corrected chi connectivity index (χ1v) is 7.68. The van der Waals surface area contributed by atoms with Gasteiger partial charge in [-0.05, 0) is 42.5 Å². The Balaban J connectivity index is 1.80. The summed E-state index contributed by atoms with van der Waals surface area (Å²) < 4.78 is 1.84. The molecule has 1 unspecified atom stereocenters. The van der Waals surface area contributed by atoms with Gasteiger partial charge in [-0.1, -0.05) is 25.6 Å². The third-order valence-electron chi connectivity index (χ3n) is 3.03. The van der Waals surface area contributed by atoms with Gasteiger partial charge in [-0.3, -0.25) is 4.79 Å². The van der Waals surface area contributed by atoms with Crippen LogP contribution in [0, 0.1) is 5.92 Å². The first-order valence-electron chi connectivity index (χ1n) is 6.80. The molecule has 1 heterocycles. The van der Waals surface area contributed by atoms with E-state index in [-0.39, 0.29) is 11.2 Å². The van der Waals surface area contributed by atoms with Crippen molar-refractivity contribution in [2.45, 2.75) is 56.5 Å². The fourth-order valence-electron chi connectivity index (χ4n) is 1.65. The van der Waals surface area contributed by atoms with Crippen LogP contribution >= 0.6 is 11.8 Å². The molecule has 19 heavy (non-hydrogen) atoms. The van der Waals surface area contributed by atoms with Crippen LogP contribution in [0.15, 0.2) is 5.16 Å². The Morgan fingerprint density at radius 3 is 2.84 bits per heavy atom. The van der Waals surface area contributed by atoms with Crippen LogP contribution in [0.5, 0.6) is 0 Å². The van der Waals surface area contributed by atoms with Crippen molar-refractivity contribution in [3.05, 3.63) is 0 Å². The smallest absolute Gasteiger partial charge is 0.233 e. The minimum atomic E-state index is -0.171. The molecule has 1 aromatic rings. The third-order valence-corrected chi connectivity index (χ3v) is 4.07. The summed E-state index contributed by atoms with van der Waals surface area (Å²) in [7, 11) is 0. The third kappa shape index (κ3) is 4.19. The van der Waals surface area contributed by atoms with Crippen LogP contribution < -0.4 is 5.32 Å². The monoisotopic (exact) mass is 283 g/mol. The van der Waals surface area contributed by atoms with Gasteiger partial charge in [-0.25, -0.2) is 4.68 Å². The molecule has 0 radical (unpaired) electrons. The molecule has 0 bridgehead atoms. The fraction of sp³-hybridized carbons (Fsp3) is 0.833. The number of rotatable bonds is 7. The van der Waals surface area contributed by atoms with E-state index >= 15 is 0 Å². The summed E-state index contributed by atoms with van der Waals surface area (Å²) in [5, 5.41) is 15.2. The van der Waals surface area contributed by atoms with Gasteiger partial charge in [-0.15, -0.1) is 5.10 Å². The molecule has 7 heteroatoms. The standard InChI is InChI=1S/C12H21N5OS/c1-8(2)6-7-13-11(18)9(3)19-12-14-15-16-17(12)10-4-5-10/h8-10H,4-7H2,1-3H3,(H,13,18). The van der Waals surface area contributed by atoms with Crippen molar-refractivity contribution in [3.8, 4) is 0 Å². The lowest BCUT2D eigenvalue weighted by atomic mass is 10.1. The second-order valence-electron chi connectivity index (χ2n) is 5.37. The maximum absolute atomic E-state index is 11.9. The molecule has 1 aliphatic rings. The average molecular weight is 283 g/mol. The highest BCUT2D eigenvalue weighted by atomic mass is 32.2. The quantitative estimate of drug-likeness (QED) is 0.770. The molecule has 1 aliphatic carbocycles. The van der Waals surface area contributed by atoms with Gasteiger partial charge >= 0.3 is 0 Å². The molecule has 0 aromatic carbocycles. The lowest BCUT2D eigenvalue weighted by Crippen LogP contribution is -2.32. The Hall–Kier alpha value is -1.11. The highest BCUT2D eigenvalue weighted by Gasteiger charge is 2.29. The van der Waals surface area contributed by atoms with E-state index in [2.05, 4.69) is 34.7 Å². The van der Waals surface area contributed by atoms with Crippen LogP contribution in [0.2, 0.25) is 0 Å². The van der Waals surface area contributed by atoms with Gasteiger partial charge in [-0.2, -0.15) is 0 Å². The van der Waals surface area contributed by atoms with Crippen LogP contribution in [-0.4, -0.2) is 37.9 Å². The molecular weight excluding hydrogens is 262 g/mol. The predicted molar refractivity (Wildman–Crippen MR) is 73.9 cm³/mol. The maximum atomic E-state index is 11.9. The number of carbonyl (C=O) groups excluding carboxylic acids is 1. The zero-order valence-corrected chi connectivity index (χ0v) is 12.5. The Morgan fingerprint density at radius 2 is 2.21 bits per heavy atom. The molecule has 0 spiro atoms. The van der Waals surface area contributed by atoms with E-state index in [1.807, 2.05) is 11.6 Å². The van der Waals surface area contributed by atoms with Crippen molar-refractivity contribution in [1.29, 1.82) is 0 Å². The van der Waals surface area contributed by atoms with E-state index < -0.39 is 0 Å². The number of hydrogen-bond acceptors (Lipinski definition) is 5. The van der Waals surface area contributed by atoms with E-state index in [4.69, 9.17) is 0 Å². The highest BCUT2D eigenvalue weighted by molar-refractivity contribution is 8.00. The van der Waals surface area contributed by atoms with Crippen molar-refractivity contribution in [2.75, 3.05) is 6.54 Å². The Labute approximate surface area is 117 Å². The van der Waals surface area contributed by atoms with Crippen LogP contribution in [0.25, 0.3) is 0 Å². The SMILES string of the molecule is CC(C)CCNC(=O)C(C)Sc1nnnn1C1CC1. The van der Waals surface area contributed by atoms with Gasteiger partial charge < -0.3 is 5.32 Å². The Kier molecular flexibility index (Phi) is 4.79. The number of tetrazole rings is 1. The summed E-state index contributed by atoms with van der Waals surface area (Å²) in [4.78, 5) is 11.9. The minimum absolute atomic E-state index is 0.0518. The van der Waals surface area contributed by atoms with Crippen molar-refractivity contribution >= 4 is 17.7 Å². The maximum Gasteiger partial charge on any atom is 0.233 e. The Bertz CT molecular complexity index is 430. The molecule has 1 N–H and O–H groups in total. The summed E-state index contributed by atoms with van der Waals surface area (Å²) in [5.74, 6) is 0.654. The van der Waals surface area contributed by atoms with Crippen LogP contribution in [0.1, 0.15) is 46.1 Å². The van der Waals surface area contributed by atoms with Crippen molar-refractivity contribution in [2.24, 2.45) is 5.92 Å². The first-order chi connectivity index (χ1) is 9.08. The molecule has 1 amide bonds. The molecule has 1 fully saturated rings. The van der Waals surface area contributed by atoms with E-state index in [1.54, 1.807) is 0 Å². The number of amides is 1. The topological polar surface area (TPSA) is 72.7 Å². The normalized spacial score (nSPS) is 16.6. The molecule has 0 aliphatic heterocycles. The fourth-order valence-corrected chi connectivity index (χ4v) is 2.53. The number of hydrogen-bond donors (Lipinski definition) is 1. The zero-order chi connectivity index (χ0) is 13.8.